The summed E-state index contributed by atoms with van der Waals surface area (Å²) in [6.07, 6.45) is 3.37. The lowest BCUT2D eigenvalue weighted by atomic mass is 10.2. The molecule has 1 aromatic carbocycles. The van der Waals surface area contributed by atoms with Crippen LogP contribution in [0, 0.1) is 0 Å². The summed E-state index contributed by atoms with van der Waals surface area (Å²) in [4.78, 5) is 13.1. The number of piperazine rings is 1. The zero-order chi connectivity index (χ0) is 18.4. The largest absolute Gasteiger partial charge is 0.490 e. The van der Waals surface area contributed by atoms with Gasteiger partial charge in [0.05, 0.1) is 0 Å². The van der Waals surface area contributed by atoms with Crippen LogP contribution in [0.5, 0.6) is 11.6 Å². The number of hydrogen-bond acceptors (Lipinski definition) is 7. The molecule has 2 aromatic rings. The van der Waals surface area contributed by atoms with Gasteiger partial charge in [0.2, 0.25) is 0 Å². The van der Waals surface area contributed by atoms with E-state index < -0.39 is 0 Å². The van der Waals surface area contributed by atoms with Crippen molar-refractivity contribution in [3.05, 3.63) is 36.7 Å². The molecule has 1 fully saturated rings. The third-order valence-electron chi connectivity index (χ3n) is 4.34. The summed E-state index contributed by atoms with van der Waals surface area (Å²) in [6.45, 7) is 5.80. The predicted octanol–water partition coefficient (Wildman–Crippen LogP) is 1.80. The number of benzene rings is 1. The van der Waals surface area contributed by atoms with E-state index >= 15 is 0 Å². The molecule has 0 bridgehead atoms. The normalized spacial score (nSPS) is 17.0. The van der Waals surface area contributed by atoms with Crippen LogP contribution in [0.25, 0.3) is 0 Å². The summed E-state index contributed by atoms with van der Waals surface area (Å²) < 4.78 is 11.7. The van der Waals surface area contributed by atoms with Gasteiger partial charge in [-0.2, -0.15) is 0 Å². The molecule has 0 aliphatic carbocycles. The molecule has 0 spiro atoms. The zero-order valence-corrected chi connectivity index (χ0v) is 15.7. The Morgan fingerprint density at radius 2 is 2.00 bits per heavy atom. The van der Waals surface area contributed by atoms with Crippen LogP contribution >= 0.6 is 0 Å². The summed E-state index contributed by atoms with van der Waals surface area (Å²) in [5.74, 6) is 2.19. The Bertz CT molecular complexity index is 710. The molecule has 0 radical (unpaired) electrons. The highest BCUT2D eigenvalue weighted by molar-refractivity contribution is 5.50. The summed E-state index contributed by atoms with van der Waals surface area (Å²) >= 11 is 0. The molecule has 1 aliphatic heterocycles. The van der Waals surface area contributed by atoms with E-state index in [0.29, 0.717) is 25.1 Å². The van der Waals surface area contributed by atoms with Crippen molar-refractivity contribution in [1.82, 2.24) is 15.3 Å². The molecule has 3 rings (SSSR count). The molecule has 7 heteroatoms. The first-order chi connectivity index (χ1) is 12.6. The predicted molar refractivity (Wildman–Crippen MR) is 103 cm³/mol. The smallest absolute Gasteiger partial charge is 0.257 e. The Kier molecular flexibility index (Phi) is 6.12. The average Bonchev–Trinajstić information content (AvgIpc) is 2.66. The second-order valence-electron chi connectivity index (χ2n) is 6.52. The van der Waals surface area contributed by atoms with Crippen LogP contribution < -0.4 is 24.6 Å². The van der Waals surface area contributed by atoms with Gasteiger partial charge in [0.1, 0.15) is 19.0 Å². The Morgan fingerprint density at radius 1 is 1.19 bits per heavy atom. The van der Waals surface area contributed by atoms with Crippen molar-refractivity contribution < 1.29 is 9.47 Å². The zero-order valence-electron chi connectivity index (χ0n) is 15.7. The van der Waals surface area contributed by atoms with Crippen LogP contribution in [-0.4, -0.2) is 63.0 Å². The minimum absolute atomic E-state index is 0.354. The summed E-state index contributed by atoms with van der Waals surface area (Å²) in [6, 6.07) is 8.34. The van der Waals surface area contributed by atoms with Crippen molar-refractivity contribution >= 4 is 11.5 Å². The Labute approximate surface area is 155 Å². The minimum Gasteiger partial charge on any atom is -0.490 e. The van der Waals surface area contributed by atoms with Crippen molar-refractivity contribution in [1.29, 1.82) is 0 Å². The Morgan fingerprint density at radius 3 is 2.81 bits per heavy atom. The van der Waals surface area contributed by atoms with Gasteiger partial charge in [0.15, 0.2) is 5.82 Å². The fourth-order valence-electron chi connectivity index (χ4n) is 2.92. The van der Waals surface area contributed by atoms with Crippen LogP contribution in [0.3, 0.4) is 0 Å². The second kappa shape index (κ2) is 8.71. The highest BCUT2D eigenvalue weighted by Gasteiger charge is 2.23. The van der Waals surface area contributed by atoms with Crippen molar-refractivity contribution in [3.63, 3.8) is 0 Å². The number of ether oxygens (including phenoxy) is 2. The van der Waals surface area contributed by atoms with Crippen LogP contribution in [0.1, 0.15) is 6.92 Å². The fraction of sp³-hybridized carbons (Fsp3) is 0.474. The molecular formula is C19H27N5O2. The number of rotatable bonds is 7. The molecule has 1 aliphatic rings. The van der Waals surface area contributed by atoms with Gasteiger partial charge < -0.3 is 24.6 Å². The van der Waals surface area contributed by atoms with E-state index in [0.717, 1.165) is 36.9 Å². The molecule has 1 atom stereocenters. The van der Waals surface area contributed by atoms with Crippen molar-refractivity contribution in [2.45, 2.75) is 13.0 Å². The first-order valence-electron chi connectivity index (χ1n) is 8.96. The van der Waals surface area contributed by atoms with E-state index in [9.17, 15) is 0 Å². The Hall–Kier alpha value is -2.54. The maximum absolute atomic E-state index is 5.87. The van der Waals surface area contributed by atoms with E-state index in [2.05, 4.69) is 27.1 Å². The molecule has 0 amide bonds. The van der Waals surface area contributed by atoms with E-state index in [1.165, 1.54) is 0 Å². The lowest BCUT2D eigenvalue weighted by Crippen LogP contribution is -2.50. The van der Waals surface area contributed by atoms with Crippen LogP contribution in [0.15, 0.2) is 36.7 Å². The van der Waals surface area contributed by atoms with Crippen LogP contribution in [0.4, 0.5) is 11.5 Å². The van der Waals surface area contributed by atoms with Crippen LogP contribution in [-0.2, 0) is 0 Å². The maximum atomic E-state index is 5.87. The number of aromatic nitrogens is 2. The van der Waals surface area contributed by atoms with Crippen molar-refractivity contribution in [3.8, 4) is 11.6 Å². The number of hydrogen-bond donors (Lipinski definition) is 1. The van der Waals surface area contributed by atoms with E-state index in [1.54, 1.807) is 12.4 Å². The van der Waals surface area contributed by atoms with Crippen LogP contribution in [0.2, 0.25) is 0 Å². The number of nitrogens with one attached hydrogen (secondary N) is 1. The van der Waals surface area contributed by atoms with Gasteiger partial charge in [-0.1, -0.05) is 6.07 Å². The monoisotopic (exact) mass is 357 g/mol. The highest BCUT2D eigenvalue weighted by atomic mass is 16.5. The average molecular weight is 357 g/mol. The first-order valence-corrected chi connectivity index (χ1v) is 8.96. The number of nitrogens with zero attached hydrogens (tertiary/aromatic N) is 4. The van der Waals surface area contributed by atoms with Gasteiger partial charge in [0.25, 0.3) is 5.88 Å². The maximum Gasteiger partial charge on any atom is 0.257 e. The molecule has 1 saturated heterocycles. The molecule has 26 heavy (non-hydrogen) atoms. The van der Waals surface area contributed by atoms with E-state index in [-0.39, 0.29) is 0 Å². The molecule has 140 valence electrons. The molecule has 0 unspecified atom stereocenters. The topological polar surface area (TPSA) is 62.8 Å². The van der Waals surface area contributed by atoms with Gasteiger partial charge >= 0.3 is 0 Å². The van der Waals surface area contributed by atoms with Gasteiger partial charge in [-0.3, -0.25) is 0 Å². The van der Waals surface area contributed by atoms with Gasteiger partial charge in [-0.25, -0.2) is 9.97 Å². The fourth-order valence-corrected chi connectivity index (χ4v) is 2.92. The van der Waals surface area contributed by atoms with Crippen molar-refractivity contribution in [2.75, 3.05) is 56.7 Å². The van der Waals surface area contributed by atoms with Crippen molar-refractivity contribution in [2.24, 2.45) is 0 Å². The minimum atomic E-state index is 0.354. The molecule has 1 aromatic heterocycles. The van der Waals surface area contributed by atoms with Gasteiger partial charge in [-0.15, -0.1) is 0 Å². The SMILES string of the molecule is C[C@@H]1CNCCN1c1nccnc1OCCOc1cccc(N(C)C)c1. The quantitative estimate of drug-likeness (QED) is 0.758. The third kappa shape index (κ3) is 4.54. The van der Waals surface area contributed by atoms with E-state index in [1.807, 2.05) is 43.3 Å². The number of anilines is 2. The molecule has 1 N–H and O–H groups in total. The summed E-state index contributed by atoms with van der Waals surface area (Å²) in [7, 11) is 4.02. The standard InChI is InChI=1S/C19H27N5O2/c1-15-14-20-9-10-24(15)18-19(22-8-7-21-18)26-12-11-25-17-6-4-5-16(13-17)23(2)3/h4-8,13,15,20H,9-12,14H2,1-3H3/t15-/m1/s1. The van der Waals surface area contributed by atoms with E-state index in [4.69, 9.17) is 9.47 Å². The lowest BCUT2D eigenvalue weighted by molar-refractivity contribution is 0.211. The summed E-state index contributed by atoms with van der Waals surface area (Å²) in [5.41, 5.74) is 1.10. The molecule has 2 heterocycles. The molecule has 7 nitrogen and oxygen atoms in total. The van der Waals surface area contributed by atoms with Gasteiger partial charge in [-0.05, 0) is 19.1 Å². The third-order valence-corrected chi connectivity index (χ3v) is 4.34. The Balaban J connectivity index is 1.56. The molecular weight excluding hydrogens is 330 g/mol. The lowest BCUT2D eigenvalue weighted by Gasteiger charge is -2.35. The second-order valence-corrected chi connectivity index (χ2v) is 6.52. The first kappa shape index (κ1) is 18.3. The molecule has 0 saturated carbocycles. The highest BCUT2D eigenvalue weighted by Crippen LogP contribution is 2.25. The van der Waals surface area contributed by atoms with Gasteiger partial charge in [0, 0.05) is 63.9 Å². The summed E-state index contributed by atoms with van der Waals surface area (Å²) in [5, 5.41) is 3.38.